The van der Waals surface area contributed by atoms with Gasteiger partial charge in [-0.15, -0.1) is 11.3 Å². The molecule has 1 aliphatic heterocycles. The fraction of sp³-hybridized carbons (Fsp3) is 0.529. The van der Waals surface area contributed by atoms with Crippen LogP contribution in [-0.4, -0.2) is 44.0 Å². The Morgan fingerprint density at radius 1 is 1.33 bits per heavy atom. The molecule has 2 aliphatic rings. The summed E-state index contributed by atoms with van der Waals surface area (Å²) in [5.41, 5.74) is 3.50. The lowest BCUT2D eigenvalue weighted by Crippen LogP contribution is -2.38. The quantitative estimate of drug-likeness (QED) is 0.882. The second kappa shape index (κ2) is 6.31. The maximum atomic E-state index is 13.0. The summed E-state index contributed by atoms with van der Waals surface area (Å²) in [5.74, 6) is 0.103. The number of amides is 1. The number of aliphatic hydroxyl groups is 2. The van der Waals surface area contributed by atoms with Crippen LogP contribution < -0.4 is 0 Å². The largest absolute Gasteiger partial charge is 0.393 e. The fourth-order valence-electron chi connectivity index (χ4n) is 3.56. The number of nitrogens with zero attached hydrogens (tertiary/aromatic N) is 3. The van der Waals surface area contributed by atoms with E-state index in [1.54, 1.807) is 17.4 Å². The summed E-state index contributed by atoms with van der Waals surface area (Å²) in [5, 5.41) is 25.1. The molecule has 0 saturated carbocycles. The van der Waals surface area contributed by atoms with Crippen LogP contribution in [0.15, 0.2) is 11.4 Å². The van der Waals surface area contributed by atoms with Crippen LogP contribution in [0.5, 0.6) is 0 Å². The van der Waals surface area contributed by atoms with Crippen LogP contribution >= 0.6 is 11.3 Å². The molecule has 0 saturated heterocycles. The van der Waals surface area contributed by atoms with Gasteiger partial charge in [-0.3, -0.25) is 9.48 Å². The Kier molecular flexibility index (Phi) is 4.15. The van der Waals surface area contributed by atoms with Gasteiger partial charge in [-0.2, -0.15) is 5.10 Å². The molecule has 1 atom stereocenters. The molecule has 2 aromatic rings. The van der Waals surface area contributed by atoms with Crippen LogP contribution in [0.25, 0.3) is 0 Å². The maximum Gasteiger partial charge on any atom is 0.255 e. The lowest BCUT2D eigenvalue weighted by atomic mass is 9.95. The third kappa shape index (κ3) is 2.66. The highest BCUT2D eigenvalue weighted by Crippen LogP contribution is 2.31. The van der Waals surface area contributed by atoms with Crippen molar-refractivity contribution in [1.82, 2.24) is 14.7 Å². The van der Waals surface area contributed by atoms with Gasteiger partial charge < -0.3 is 15.1 Å². The summed E-state index contributed by atoms with van der Waals surface area (Å²) >= 11 is 1.72. The molecular weight excluding hydrogens is 326 g/mol. The Morgan fingerprint density at radius 2 is 2.17 bits per heavy atom. The first-order valence-corrected chi connectivity index (χ1v) is 9.29. The summed E-state index contributed by atoms with van der Waals surface area (Å²) < 4.78 is 1.82. The Hall–Kier alpha value is -1.70. The van der Waals surface area contributed by atoms with Gasteiger partial charge in [-0.1, -0.05) is 0 Å². The number of rotatable bonds is 3. The lowest BCUT2D eigenvalue weighted by Gasteiger charge is -2.28. The van der Waals surface area contributed by atoms with Crippen molar-refractivity contribution >= 4 is 17.2 Å². The smallest absolute Gasteiger partial charge is 0.255 e. The molecule has 0 bridgehead atoms. The van der Waals surface area contributed by atoms with Gasteiger partial charge in [0.25, 0.3) is 5.91 Å². The SMILES string of the molecule is O=C(c1csc2c1CCCC2)N1CCn2nc([C@@H](O)CO)cc2C1. The normalized spacial score (nSPS) is 18.2. The van der Waals surface area contributed by atoms with E-state index in [1.807, 2.05) is 15.0 Å². The minimum absolute atomic E-state index is 0.103. The van der Waals surface area contributed by atoms with Crippen molar-refractivity contribution in [3.05, 3.63) is 38.8 Å². The molecule has 0 spiro atoms. The average molecular weight is 347 g/mol. The Labute approximate surface area is 144 Å². The molecule has 0 fully saturated rings. The molecule has 128 valence electrons. The van der Waals surface area contributed by atoms with Crippen molar-refractivity contribution in [2.24, 2.45) is 0 Å². The van der Waals surface area contributed by atoms with Crippen molar-refractivity contribution in [1.29, 1.82) is 0 Å². The van der Waals surface area contributed by atoms with Crippen molar-refractivity contribution < 1.29 is 15.0 Å². The fourth-order valence-corrected chi connectivity index (χ4v) is 4.68. The van der Waals surface area contributed by atoms with Gasteiger partial charge in [-0.05, 0) is 37.3 Å². The molecule has 2 aromatic heterocycles. The van der Waals surface area contributed by atoms with Gasteiger partial charge in [0.05, 0.1) is 36.6 Å². The number of carbonyl (C=O) groups is 1. The monoisotopic (exact) mass is 347 g/mol. The zero-order valence-corrected chi connectivity index (χ0v) is 14.3. The summed E-state index contributed by atoms with van der Waals surface area (Å²) in [6, 6.07) is 1.78. The molecule has 0 radical (unpaired) electrons. The van der Waals surface area contributed by atoms with Gasteiger partial charge >= 0.3 is 0 Å². The van der Waals surface area contributed by atoms with E-state index in [1.165, 1.54) is 23.3 Å². The number of aryl methyl sites for hydroxylation is 1. The van der Waals surface area contributed by atoms with Crippen molar-refractivity contribution in [3.63, 3.8) is 0 Å². The second-order valence-electron chi connectivity index (χ2n) is 6.47. The zero-order chi connectivity index (χ0) is 16.7. The first-order valence-electron chi connectivity index (χ1n) is 8.41. The standard InChI is InChI=1S/C17H21N3O3S/c21-9-15(22)14-7-11-8-19(5-6-20(11)18-14)17(23)13-10-24-16-4-2-1-3-12(13)16/h7,10,15,21-22H,1-6,8-9H2/t15-/m0/s1. The highest BCUT2D eigenvalue weighted by atomic mass is 32.1. The van der Waals surface area contributed by atoms with E-state index in [4.69, 9.17) is 5.11 Å². The van der Waals surface area contributed by atoms with Crippen molar-refractivity contribution in [3.8, 4) is 0 Å². The predicted octanol–water partition coefficient (Wildman–Crippen LogP) is 1.51. The number of aromatic nitrogens is 2. The van der Waals surface area contributed by atoms with E-state index in [0.29, 0.717) is 25.3 Å². The maximum absolute atomic E-state index is 13.0. The first kappa shape index (κ1) is 15.8. The number of aliphatic hydroxyl groups excluding tert-OH is 2. The first-order chi connectivity index (χ1) is 11.7. The van der Waals surface area contributed by atoms with Crippen LogP contribution in [0.2, 0.25) is 0 Å². The van der Waals surface area contributed by atoms with Gasteiger partial charge in [-0.25, -0.2) is 0 Å². The molecule has 0 aromatic carbocycles. The zero-order valence-electron chi connectivity index (χ0n) is 13.4. The Bertz CT molecular complexity index is 767. The summed E-state index contributed by atoms with van der Waals surface area (Å²) in [7, 11) is 0. The lowest BCUT2D eigenvalue weighted by molar-refractivity contribution is 0.0704. The molecule has 0 unspecified atom stereocenters. The van der Waals surface area contributed by atoms with Crippen LogP contribution in [0.1, 0.15) is 51.1 Å². The molecular formula is C17H21N3O3S. The third-order valence-corrected chi connectivity index (χ3v) is 6.00. The highest BCUT2D eigenvalue weighted by Gasteiger charge is 2.28. The number of carbonyl (C=O) groups excluding carboxylic acids is 1. The topological polar surface area (TPSA) is 78.6 Å². The minimum atomic E-state index is -0.962. The highest BCUT2D eigenvalue weighted by molar-refractivity contribution is 7.10. The molecule has 3 heterocycles. The Balaban J connectivity index is 1.55. The van der Waals surface area contributed by atoms with Crippen molar-refractivity contribution in [2.45, 2.75) is 44.9 Å². The number of hydrogen-bond acceptors (Lipinski definition) is 5. The van der Waals surface area contributed by atoms with Crippen molar-refractivity contribution in [2.75, 3.05) is 13.2 Å². The summed E-state index contributed by atoms with van der Waals surface area (Å²) in [4.78, 5) is 16.2. The molecule has 24 heavy (non-hydrogen) atoms. The van der Waals surface area contributed by atoms with E-state index in [2.05, 4.69) is 5.10 Å². The van der Waals surface area contributed by atoms with Gasteiger partial charge in [0.15, 0.2) is 0 Å². The molecule has 1 amide bonds. The molecule has 7 heteroatoms. The van der Waals surface area contributed by atoms with E-state index in [0.717, 1.165) is 24.1 Å². The molecule has 4 rings (SSSR count). The minimum Gasteiger partial charge on any atom is -0.393 e. The molecule has 6 nitrogen and oxygen atoms in total. The van der Waals surface area contributed by atoms with E-state index in [-0.39, 0.29) is 12.5 Å². The molecule has 1 aliphatic carbocycles. The predicted molar refractivity (Wildman–Crippen MR) is 90.0 cm³/mol. The second-order valence-corrected chi connectivity index (χ2v) is 7.43. The van der Waals surface area contributed by atoms with Gasteiger partial charge in [0.1, 0.15) is 6.10 Å². The van der Waals surface area contributed by atoms with Crippen LogP contribution in [0.3, 0.4) is 0 Å². The van der Waals surface area contributed by atoms with Gasteiger partial charge in [0, 0.05) is 16.8 Å². The Morgan fingerprint density at radius 3 is 3.00 bits per heavy atom. The van der Waals surface area contributed by atoms with E-state index < -0.39 is 6.10 Å². The molecule has 2 N–H and O–H groups in total. The number of thiophene rings is 1. The van der Waals surface area contributed by atoms with Crippen LogP contribution in [0, 0.1) is 0 Å². The summed E-state index contributed by atoms with van der Waals surface area (Å²) in [6.45, 7) is 1.38. The third-order valence-electron chi connectivity index (χ3n) is 4.91. The van der Waals surface area contributed by atoms with E-state index in [9.17, 15) is 9.90 Å². The number of fused-ring (bicyclic) bond motifs is 2. The number of hydrogen-bond donors (Lipinski definition) is 2. The average Bonchev–Trinajstić information content (AvgIpc) is 3.23. The summed E-state index contributed by atoms with van der Waals surface area (Å²) in [6.07, 6.45) is 3.54. The van der Waals surface area contributed by atoms with Crippen LogP contribution in [0.4, 0.5) is 0 Å². The van der Waals surface area contributed by atoms with Crippen LogP contribution in [-0.2, 0) is 25.9 Å². The van der Waals surface area contributed by atoms with E-state index >= 15 is 0 Å². The van der Waals surface area contributed by atoms with Gasteiger partial charge in [0.2, 0.25) is 0 Å².